The lowest BCUT2D eigenvalue weighted by Gasteiger charge is -2.07. The maximum absolute atomic E-state index is 12.1. The van der Waals surface area contributed by atoms with Gasteiger partial charge in [-0.2, -0.15) is 0 Å². The number of carbonyl (C=O) groups is 2. The van der Waals surface area contributed by atoms with Gasteiger partial charge in [-0.25, -0.2) is 9.59 Å². The molecule has 0 radical (unpaired) electrons. The van der Waals surface area contributed by atoms with E-state index in [2.05, 4.69) is 22.6 Å². The maximum Gasteiger partial charge on any atom is 0.343 e. The molecule has 0 bridgehead atoms. The largest absolute Gasteiger partial charge is 0.496 e. The number of methoxy groups -OCH3 is 1. The van der Waals surface area contributed by atoms with Gasteiger partial charge >= 0.3 is 11.9 Å². The Hall–Kier alpha value is -2.09. The van der Waals surface area contributed by atoms with Gasteiger partial charge in [0.25, 0.3) is 0 Å². The van der Waals surface area contributed by atoms with Gasteiger partial charge in [-0.3, -0.25) is 0 Å². The molecule has 0 unspecified atom stereocenters. The Bertz CT molecular complexity index is 709. The van der Waals surface area contributed by atoms with Crippen LogP contribution in [0.15, 0.2) is 42.5 Å². The van der Waals surface area contributed by atoms with Gasteiger partial charge in [0.2, 0.25) is 0 Å². The van der Waals surface area contributed by atoms with Crippen LogP contribution in [0.3, 0.4) is 0 Å². The number of ether oxygens (including phenoxy) is 3. The van der Waals surface area contributed by atoms with Crippen molar-refractivity contribution in [3.8, 4) is 11.5 Å². The fourth-order valence-electron chi connectivity index (χ4n) is 1.83. The van der Waals surface area contributed by atoms with Gasteiger partial charge in [-0.15, -0.1) is 0 Å². The number of halogens is 1. The minimum Gasteiger partial charge on any atom is -0.496 e. The third-order valence-corrected chi connectivity index (χ3v) is 3.81. The molecule has 0 spiro atoms. The zero-order chi connectivity index (χ0) is 16.8. The summed E-state index contributed by atoms with van der Waals surface area (Å²) in [6.07, 6.45) is 0. The van der Waals surface area contributed by atoms with Gasteiger partial charge in [0, 0.05) is 0 Å². The Morgan fingerprint density at radius 2 is 1.65 bits per heavy atom. The number of carbonyl (C=O) groups excluding carboxylic acids is 2. The molecule has 0 fully saturated rings. The fourth-order valence-corrected chi connectivity index (χ4v) is 2.57. The first-order valence-electron chi connectivity index (χ1n) is 6.88. The lowest BCUT2D eigenvalue weighted by molar-refractivity contribution is 0.0526. The van der Waals surface area contributed by atoms with E-state index in [0.717, 1.165) is 3.57 Å². The molecular formula is C17H15IO5. The van der Waals surface area contributed by atoms with Crippen LogP contribution in [-0.4, -0.2) is 25.7 Å². The van der Waals surface area contributed by atoms with Gasteiger partial charge in [0.05, 0.1) is 28.4 Å². The van der Waals surface area contributed by atoms with Crippen molar-refractivity contribution in [1.82, 2.24) is 0 Å². The molecular weight excluding hydrogens is 411 g/mol. The Balaban J connectivity index is 2.08. The lowest BCUT2D eigenvalue weighted by atomic mass is 10.2. The Morgan fingerprint density at radius 3 is 2.22 bits per heavy atom. The third kappa shape index (κ3) is 4.44. The summed E-state index contributed by atoms with van der Waals surface area (Å²) in [5, 5.41) is 0. The topological polar surface area (TPSA) is 61.8 Å². The molecule has 120 valence electrons. The highest BCUT2D eigenvalue weighted by atomic mass is 127. The van der Waals surface area contributed by atoms with Gasteiger partial charge in [0.15, 0.2) is 0 Å². The van der Waals surface area contributed by atoms with Crippen LogP contribution in [0, 0.1) is 3.57 Å². The summed E-state index contributed by atoms with van der Waals surface area (Å²) in [6.45, 7) is 2.05. The van der Waals surface area contributed by atoms with Crippen molar-refractivity contribution in [3.63, 3.8) is 0 Å². The molecule has 0 aromatic heterocycles. The molecule has 0 aliphatic carbocycles. The monoisotopic (exact) mass is 426 g/mol. The van der Waals surface area contributed by atoms with Crippen LogP contribution in [0.4, 0.5) is 0 Å². The molecule has 0 aliphatic heterocycles. The lowest BCUT2D eigenvalue weighted by Crippen LogP contribution is -2.09. The smallest absolute Gasteiger partial charge is 0.343 e. The molecule has 0 heterocycles. The van der Waals surface area contributed by atoms with Crippen molar-refractivity contribution >= 4 is 34.5 Å². The summed E-state index contributed by atoms with van der Waals surface area (Å²) in [7, 11) is 1.57. The molecule has 0 amide bonds. The predicted octanol–water partition coefficient (Wildman–Crippen LogP) is 3.70. The van der Waals surface area contributed by atoms with Crippen molar-refractivity contribution in [1.29, 1.82) is 0 Å². The van der Waals surface area contributed by atoms with Crippen molar-refractivity contribution < 1.29 is 23.8 Å². The average Bonchev–Trinajstić information content (AvgIpc) is 2.55. The van der Waals surface area contributed by atoms with E-state index < -0.39 is 11.9 Å². The Kier molecular flexibility index (Phi) is 5.97. The molecule has 2 aromatic rings. The molecule has 0 N–H and O–H groups in total. The Morgan fingerprint density at radius 1 is 1.00 bits per heavy atom. The summed E-state index contributed by atoms with van der Waals surface area (Å²) in [6, 6.07) is 11.3. The van der Waals surface area contributed by atoms with Crippen LogP contribution in [0.1, 0.15) is 27.6 Å². The average molecular weight is 426 g/mol. The summed E-state index contributed by atoms with van der Waals surface area (Å²) in [5.41, 5.74) is 0.829. The van der Waals surface area contributed by atoms with E-state index in [1.807, 2.05) is 0 Å². The van der Waals surface area contributed by atoms with Gasteiger partial charge in [-0.05, 0) is 72.0 Å². The summed E-state index contributed by atoms with van der Waals surface area (Å²) in [5.74, 6) is 0.166. The molecule has 2 aromatic carbocycles. The number of rotatable bonds is 5. The van der Waals surface area contributed by atoms with E-state index in [9.17, 15) is 9.59 Å². The van der Waals surface area contributed by atoms with E-state index in [0.29, 0.717) is 29.2 Å². The van der Waals surface area contributed by atoms with Crippen LogP contribution in [0.2, 0.25) is 0 Å². The Labute approximate surface area is 147 Å². The molecule has 0 saturated carbocycles. The summed E-state index contributed by atoms with van der Waals surface area (Å²) >= 11 is 2.09. The number of hydrogen-bond donors (Lipinski definition) is 0. The highest BCUT2D eigenvalue weighted by Crippen LogP contribution is 2.22. The second-order valence-corrected chi connectivity index (χ2v) is 5.65. The van der Waals surface area contributed by atoms with Crippen molar-refractivity contribution in [2.24, 2.45) is 0 Å². The molecule has 2 rings (SSSR count). The second kappa shape index (κ2) is 7.96. The van der Waals surface area contributed by atoms with Gasteiger partial charge in [-0.1, -0.05) is 0 Å². The standard InChI is InChI=1S/C17H15IO5/c1-3-22-16(19)11-4-7-13(8-5-11)23-17(20)12-6-9-15(21-2)14(18)10-12/h4-10H,3H2,1-2H3. The summed E-state index contributed by atoms with van der Waals surface area (Å²) < 4.78 is 16.1. The molecule has 0 saturated heterocycles. The van der Waals surface area contributed by atoms with Crippen molar-refractivity contribution in [2.75, 3.05) is 13.7 Å². The zero-order valence-electron chi connectivity index (χ0n) is 12.7. The third-order valence-electron chi connectivity index (χ3n) is 2.96. The SMILES string of the molecule is CCOC(=O)c1ccc(OC(=O)c2ccc(OC)c(I)c2)cc1. The van der Waals surface area contributed by atoms with Crippen LogP contribution in [0.5, 0.6) is 11.5 Å². The highest BCUT2D eigenvalue weighted by molar-refractivity contribution is 14.1. The van der Waals surface area contributed by atoms with E-state index >= 15 is 0 Å². The van der Waals surface area contributed by atoms with E-state index in [-0.39, 0.29) is 0 Å². The highest BCUT2D eigenvalue weighted by Gasteiger charge is 2.12. The molecule has 6 heteroatoms. The van der Waals surface area contributed by atoms with Crippen LogP contribution in [0.25, 0.3) is 0 Å². The normalized spacial score (nSPS) is 10.0. The van der Waals surface area contributed by atoms with Gasteiger partial charge in [0.1, 0.15) is 11.5 Å². The summed E-state index contributed by atoms with van der Waals surface area (Å²) in [4.78, 5) is 23.7. The number of hydrogen-bond acceptors (Lipinski definition) is 5. The fraction of sp³-hybridized carbons (Fsp3) is 0.176. The second-order valence-electron chi connectivity index (χ2n) is 4.48. The first kappa shape index (κ1) is 17.3. The van der Waals surface area contributed by atoms with E-state index in [1.165, 1.54) is 0 Å². The molecule has 0 aliphatic rings. The molecule has 0 atom stereocenters. The predicted molar refractivity (Wildman–Crippen MR) is 93.1 cm³/mol. The van der Waals surface area contributed by atoms with Crippen LogP contribution in [-0.2, 0) is 4.74 Å². The quantitative estimate of drug-likeness (QED) is 0.415. The van der Waals surface area contributed by atoms with Crippen LogP contribution < -0.4 is 9.47 Å². The number of benzene rings is 2. The van der Waals surface area contributed by atoms with E-state index in [4.69, 9.17) is 14.2 Å². The minimum absolute atomic E-state index is 0.311. The van der Waals surface area contributed by atoms with E-state index in [1.54, 1.807) is 56.5 Å². The van der Waals surface area contributed by atoms with Crippen molar-refractivity contribution in [2.45, 2.75) is 6.92 Å². The minimum atomic E-state index is -0.477. The van der Waals surface area contributed by atoms with Crippen molar-refractivity contribution in [3.05, 3.63) is 57.2 Å². The first-order chi connectivity index (χ1) is 11.0. The first-order valence-corrected chi connectivity index (χ1v) is 7.96. The zero-order valence-corrected chi connectivity index (χ0v) is 14.8. The van der Waals surface area contributed by atoms with Gasteiger partial charge < -0.3 is 14.2 Å². The maximum atomic E-state index is 12.1. The molecule has 5 nitrogen and oxygen atoms in total. The molecule has 23 heavy (non-hydrogen) atoms. The number of esters is 2. The van der Waals surface area contributed by atoms with Crippen LogP contribution >= 0.6 is 22.6 Å².